The molecule has 0 spiro atoms. The molecular formula is C29H29N3O3S2. The van der Waals surface area contributed by atoms with Crippen molar-refractivity contribution in [3.8, 4) is 5.69 Å². The van der Waals surface area contributed by atoms with Gasteiger partial charge < -0.3 is 9.30 Å². The summed E-state index contributed by atoms with van der Waals surface area (Å²) in [4.78, 5) is 32.9. The summed E-state index contributed by atoms with van der Waals surface area (Å²) in [6.45, 7) is 12.2. The molecule has 4 aromatic rings. The lowest BCUT2D eigenvalue weighted by Crippen LogP contribution is -2.39. The maximum atomic E-state index is 13.8. The highest BCUT2D eigenvalue weighted by atomic mass is 32.1. The summed E-state index contributed by atoms with van der Waals surface area (Å²) in [7, 11) is 0. The van der Waals surface area contributed by atoms with Gasteiger partial charge in [0, 0.05) is 22.0 Å². The van der Waals surface area contributed by atoms with Gasteiger partial charge in [-0.15, -0.1) is 11.3 Å². The van der Waals surface area contributed by atoms with Crippen molar-refractivity contribution in [1.82, 2.24) is 9.13 Å². The van der Waals surface area contributed by atoms with E-state index >= 15 is 0 Å². The maximum Gasteiger partial charge on any atom is 0.338 e. The number of carbonyl (C=O) groups excluding carboxylic acids is 1. The number of ether oxygens (including phenoxy) is 1. The molecule has 4 heterocycles. The number of aromatic nitrogens is 2. The van der Waals surface area contributed by atoms with E-state index in [0.29, 0.717) is 20.6 Å². The number of benzene rings is 1. The molecule has 0 bridgehead atoms. The van der Waals surface area contributed by atoms with Gasteiger partial charge >= 0.3 is 5.97 Å². The molecule has 0 unspecified atom stereocenters. The summed E-state index contributed by atoms with van der Waals surface area (Å²) in [5, 5.41) is 1.95. The lowest BCUT2D eigenvalue weighted by atomic mass is 10.0. The van der Waals surface area contributed by atoms with Crippen molar-refractivity contribution in [3.63, 3.8) is 0 Å². The van der Waals surface area contributed by atoms with Crippen LogP contribution in [0.4, 0.5) is 0 Å². The number of rotatable bonds is 5. The van der Waals surface area contributed by atoms with E-state index in [2.05, 4.69) is 61.5 Å². The Morgan fingerprint density at radius 3 is 2.49 bits per heavy atom. The fourth-order valence-electron chi connectivity index (χ4n) is 5.06. The smallest absolute Gasteiger partial charge is 0.338 e. The number of aryl methyl sites for hydroxylation is 3. The minimum Gasteiger partial charge on any atom is -0.463 e. The second kappa shape index (κ2) is 9.76. The molecule has 1 atom stereocenters. The van der Waals surface area contributed by atoms with Crippen LogP contribution in [0.3, 0.4) is 0 Å². The van der Waals surface area contributed by atoms with Crippen LogP contribution in [0.5, 0.6) is 0 Å². The van der Waals surface area contributed by atoms with E-state index in [9.17, 15) is 9.59 Å². The van der Waals surface area contributed by atoms with Gasteiger partial charge in [0.05, 0.1) is 22.4 Å². The molecule has 1 aliphatic rings. The number of thiazole rings is 1. The highest BCUT2D eigenvalue weighted by Crippen LogP contribution is 2.33. The van der Waals surface area contributed by atoms with E-state index in [1.807, 2.05) is 23.6 Å². The first-order chi connectivity index (χ1) is 17.7. The number of carbonyl (C=O) groups is 1. The van der Waals surface area contributed by atoms with Gasteiger partial charge in [-0.3, -0.25) is 9.36 Å². The van der Waals surface area contributed by atoms with Crippen molar-refractivity contribution in [3.05, 3.63) is 106 Å². The summed E-state index contributed by atoms with van der Waals surface area (Å²) in [6, 6.07) is 11.9. The van der Waals surface area contributed by atoms with Gasteiger partial charge in [0.2, 0.25) is 0 Å². The van der Waals surface area contributed by atoms with Crippen LogP contribution in [0.1, 0.15) is 52.8 Å². The molecule has 3 aromatic heterocycles. The van der Waals surface area contributed by atoms with Crippen molar-refractivity contribution < 1.29 is 9.53 Å². The zero-order valence-corrected chi connectivity index (χ0v) is 23.4. The summed E-state index contributed by atoms with van der Waals surface area (Å²) < 4.78 is 9.80. The predicted octanol–water partition coefficient (Wildman–Crippen LogP) is 4.88. The van der Waals surface area contributed by atoms with Crippen LogP contribution in [0.15, 0.2) is 62.8 Å². The Hall–Kier alpha value is -3.49. The second-order valence-electron chi connectivity index (χ2n) is 9.33. The molecule has 0 radical (unpaired) electrons. The third kappa shape index (κ3) is 4.45. The van der Waals surface area contributed by atoms with Crippen molar-refractivity contribution in [1.29, 1.82) is 0 Å². The fraction of sp³-hybridized carbons (Fsp3) is 0.276. The topological polar surface area (TPSA) is 65.6 Å². The lowest BCUT2D eigenvalue weighted by molar-refractivity contribution is -0.139. The molecule has 0 N–H and O–H groups in total. The van der Waals surface area contributed by atoms with Gasteiger partial charge in [0.1, 0.15) is 6.04 Å². The van der Waals surface area contributed by atoms with Crippen LogP contribution in [0.25, 0.3) is 11.8 Å². The monoisotopic (exact) mass is 531 g/mol. The summed E-state index contributed by atoms with van der Waals surface area (Å²) in [6.07, 6.45) is 1.94. The van der Waals surface area contributed by atoms with Crippen molar-refractivity contribution in [2.24, 2.45) is 4.99 Å². The largest absolute Gasteiger partial charge is 0.463 e. The van der Waals surface area contributed by atoms with Gasteiger partial charge in [-0.1, -0.05) is 23.5 Å². The quantitative estimate of drug-likeness (QED) is 0.345. The molecule has 0 saturated carbocycles. The first-order valence-corrected chi connectivity index (χ1v) is 13.9. The number of nitrogens with zero attached hydrogens (tertiary/aromatic N) is 3. The Balaban J connectivity index is 1.68. The van der Waals surface area contributed by atoms with Gasteiger partial charge in [-0.05, 0) is 94.0 Å². The summed E-state index contributed by atoms with van der Waals surface area (Å²) in [5.74, 6) is -0.437. The molecule has 0 aliphatic carbocycles. The Morgan fingerprint density at radius 1 is 1.11 bits per heavy atom. The molecule has 1 aliphatic heterocycles. The number of thiophene rings is 1. The number of hydrogen-bond acceptors (Lipinski definition) is 6. The highest BCUT2D eigenvalue weighted by Gasteiger charge is 2.33. The van der Waals surface area contributed by atoms with E-state index in [0.717, 1.165) is 27.5 Å². The number of allylic oxidation sites excluding steroid dienone is 1. The van der Waals surface area contributed by atoms with Gasteiger partial charge in [0.25, 0.3) is 5.56 Å². The Kier molecular flexibility index (Phi) is 6.64. The molecular weight excluding hydrogens is 502 g/mol. The van der Waals surface area contributed by atoms with E-state index in [1.54, 1.807) is 18.4 Å². The first kappa shape index (κ1) is 25.2. The lowest BCUT2D eigenvalue weighted by Gasteiger charge is -2.23. The van der Waals surface area contributed by atoms with Crippen LogP contribution in [0.2, 0.25) is 0 Å². The zero-order chi connectivity index (χ0) is 26.4. The summed E-state index contributed by atoms with van der Waals surface area (Å²) in [5.41, 5.74) is 7.50. The Labute approximate surface area is 223 Å². The highest BCUT2D eigenvalue weighted by molar-refractivity contribution is 7.10. The van der Waals surface area contributed by atoms with Crippen molar-refractivity contribution >= 4 is 34.7 Å². The molecule has 0 fully saturated rings. The molecule has 37 heavy (non-hydrogen) atoms. The van der Waals surface area contributed by atoms with Crippen molar-refractivity contribution in [2.75, 3.05) is 6.61 Å². The molecule has 0 saturated heterocycles. The van der Waals surface area contributed by atoms with Crippen LogP contribution in [-0.4, -0.2) is 21.7 Å². The van der Waals surface area contributed by atoms with Gasteiger partial charge in [-0.2, -0.15) is 0 Å². The number of esters is 1. The number of fused-ring (bicyclic) bond motifs is 1. The zero-order valence-electron chi connectivity index (χ0n) is 21.8. The molecule has 0 amide bonds. The van der Waals surface area contributed by atoms with Crippen LogP contribution >= 0.6 is 22.7 Å². The second-order valence-corrected chi connectivity index (χ2v) is 11.3. The third-order valence-corrected chi connectivity index (χ3v) is 8.46. The predicted molar refractivity (Wildman–Crippen MR) is 149 cm³/mol. The molecule has 6 nitrogen and oxygen atoms in total. The minimum atomic E-state index is -0.555. The van der Waals surface area contributed by atoms with Crippen LogP contribution in [0, 0.1) is 27.7 Å². The molecule has 190 valence electrons. The average molecular weight is 532 g/mol. The summed E-state index contributed by atoms with van der Waals surface area (Å²) >= 11 is 2.86. The molecule has 5 rings (SSSR count). The van der Waals surface area contributed by atoms with E-state index in [-0.39, 0.29) is 12.2 Å². The third-order valence-electron chi connectivity index (χ3n) is 6.55. The van der Waals surface area contributed by atoms with E-state index < -0.39 is 12.0 Å². The molecule has 8 heteroatoms. The van der Waals surface area contributed by atoms with E-state index in [4.69, 9.17) is 4.74 Å². The standard InChI is InChI=1S/C29H29N3O3S2/c1-7-35-28(34)25-19(5)30-29-32(26(25)23-9-8-10-36-23)27(33)24(37-29)15-21-14-18(4)31(20(21)6)22-12-16(2)11-17(3)13-22/h8-15,26H,7H2,1-6H3/b24-15+/t26-/m1/s1. The van der Waals surface area contributed by atoms with Crippen LogP contribution in [-0.2, 0) is 9.53 Å². The maximum absolute atomic E-state index is 13.8. The average Bonchev–Trinajstić information content (AvgIpc) is 3.52. The minimum absolute atomic E-state index is 0.160. The Morgan fingerprint density at radius 2 is 1.84 bits per heavy atom. The SMILES string of the molecule is CCOC(=O)C1=C(C)N=c2s/c(=C/c3cc(C)n(-c4cc(C)cc(C)c4)c3C)c(=O)n2[C@@H]1c1cccs1. The fourth-order valence-corrected chi connectivity index (χ4v) is 6.92. The normalized spacial score (nSPS) is 15.6. The van der Waals surface area contributed by atoms with E-state index in [1.165, 1.54) is 33.8 Å². The van der Waals surface area contributed by atoms with Crippen molar-refractivity contribution in [2.45, 2.75) is 47.6 Å². The first-order valence-electron chi connectivity index (χ1n) is 12.2. The number of hydrogen-bond donors (Lipinski definition) is 0. The van der Waals surface area contributed by atoms with Crippen LogP contribution < -0.4 is 14.9 Å². The molecule has 1 aromatic carbocycles. The van der Waals surface area contributed by atoms with Gasteiger partial charge in [0.15, 0.2) is 4.80 Å². The Bertz CT molecular complexity index is 1710. The van der Waals surface area contributed by atoms with Gasteiger partial charge in [-0.25, -0.2) is 9.79 Å².